The van der Waals surface area contributed by atoms with Gasteiger partial charge in [-0.1, -0.05) is 13.8 Å². The highest BCUT2D eigenvalue weighted by Gasteiger charge is 2.40. The van der Waals surface area contributed by atoms with Crippen molar-refractivity contribution < 1.29 is 18.3 Å². The Balaban J connectivity index is 1.64. The van der Waals surface area contributed by atoms with Crippen LogP contribution in [0.4, 0.5) is 10.9 Å². The van der Waals surface area contributed by atoms with Crippen LogP contribution in [0.15, 0.2) is 28.7 Å². The smallest absolute Gasteiger partial charge is 0.252 e. The summed E-state index contributed by atoms with van der Waals surface area (Å²) in [6, 6.07) is 2.55. The molecule has 4 N–H and O–H groups in total. The Morgan fingerprint density at radius 3 is 2.50 bits per heavy atom. The van der Waals surface area contributed by atoms with Crippen LogP contribution in [0.1, 0.15) is 33.3 Å². The van der Waals surface area contributed by atoms with Gasteiger partial charge in [0.05, 0.1) is 22.7 Å². The summed E-state index contributed by atoms with van der Waals surface area (Å²) in [5.74, 6) is 0.550. The van der Waals surface area contributed by atoms with Crippen LogP contribution in [0.5, 0.6) is 0 Å². The lowest BCUT2D eigenvalue weighted by molar-refractivity contribution is -0.130. The van der Waals surface area contributed by atoms with E-state index in [2.05, 4.69) is 20.2 Å². The Hall–Kier alpha value is -2.32. The quantitative estimate of drug-likeness (QED) is 0.464. The van der Waals surface area contributed by atoms with E-state index in [1.807, 2.05) is 18.7 Å². The van der Waals surface area contributed by atoms with Gasteiger partial charge in [-0.3, -0.25) is 9.69 Å². The van der Waals surface area contributed by atoms with Crippen LogP contribution in [-0.2, 0) is 20.4 Å². The number of nitrogen functional groups attached to an aromatic ring is 1. The van der Waals surface area contributed by atoms with Crippen molar-refractivity contribution in [1.29, 1.82) is 0 Å². The first-order valence-electron chi connectivity index (χ1n) is 12.1. The Morgan fingerprint density at radius 1 is 1.22 bits per heavy atom. The van der Waals surface area contributed by atoms with Crippen molar-refractivity contribution in [1.82, 2.24) is 24.5 Å². The molecule has 198 valence electrons. The molecular weight excluding hydrogens is 502 g/mol. The predicted octanol–water partition coefficient (Wildman–Crippen LogP) is 0.684. The maximum Gasteiger partial charge on any atom is 0.252 e. The molecule has 0 bridgehead atoms. The lowest BCUT2D eigenvalue weighted by Gasteiger charge is -2.45. The molecule has 0 aromatic carbocycles. The molecule has 0 spiro atoms. The molecule has 13 heteroatoms. The van der Waals surface area contributed by atoms with Crippen molar-refractivity contribution >= 4 is 38.2 Å². The van der Waals surface area contributed by atoms with Crippen molar-refractivity contribution in [2.24, 2.45) is 5.92 Å². The van der Waals surface area contributed by atoms with E-state index in [9.17, 15) is 18.3 Å². The molecule has 36 heavy (non-hydrogen) atoms. The fourth-order valence-electron chi connectivity index (χ4n) is 4.78. The average Bonchev–Trinajstić information content (AvgIpc) is 3.25. The molecule has 11 nitrogen and oxygen atoms in total. The van der Waals surface area contributed by atoms with Gasteiger partial charge >= 0.3 is 0 Å². The van der Waals surface area contributed by atoms with E-state index in [0.29, 0.717) is 42.7 Å². The van der Waals surface area contributed by atoms with E-state index in [-0.39, 0.29) is 41.2 Å². The summed E-state index contributed by atoms with van der Waals surface area (Å²) in [5.41, 5.74) is 5.32. The summed E-state index contributed by atoms with van der Waals surface area (Å²) in [6.45, 7) is 9.93. The minimum Gasteiger partial charge on any atom is -0.391 e. The second kappa shape index (κ2) is 10.2. The Kier molecular flexibility index (Phi) is 7.58. The van der Waals surface area contributed by atoms with Gasteiger partial charge in [-0.05, 0) is 31.9 Å². The van der Waals surface area contributed by atoms with Crippen LogP contribution in [0.3, 0.4) is 0 Å². The maximum atomic E-state index is 13.4. The molecule has 2 aliphatic rings. The summed E-state index contributed by atoms with van der Waals surface area (Å²) in [5, 5.41) is 13.7. The summed E-state index contributed by atoms with van der Waals surface area (Å²) >= 11 is 1.05. The number of sulfonamides is 1. The molecule has 4 heterocycles. The molecule has 2 saturated heterocycles. The third-order valence-electron chi connectivity index (χ3n) is 6.68. The van der Waals surface area contributed by atoms with E-state index < -0.39 is 15.6 Å². The highest BCUT2D eigenvalue weighted by molar-refractivity contribution is 7.91. The zero-order chi connectivity index (χ0) is 26.3. The number of nitrogens with two attached hydrogens (primary N) is 1. The minimum atomic E-state index is -3.71. The van der Waals surface area contributed by atoms with Crippen molar-refractivity contribution in [2.75, 3.05) is 49.9 Å². The number of aliphatic hydroxyl groups is 1. The number of piperazine rings is 2. The third kappa shape index (κ3) is 5.49. The van der Waals surface area contributed by atoms with Gasteiger partial charge in [0, 0.05) is 57.2 Å². The van der Waals surface area contributed by atoms with E-state index >= 15 is 0 Å². The molecule has 0 radical (unpaired) electrons. The lowest BCUT2D eigenvalue weighted by Crippen LogP contribution is -2.64. The summed E-state index contributed by atoms with van der Waals surface area (Å²) in [7, 11) is -3.71. The van der Waals surface area contributed by atoms with Crippen LogP contribution in [0.25, 0.3) is 0 Å². The van der Waals surface area contributed by atoms with E-state index in [0.717, 1.165) is 11.3 Å². The molecule has 0 aliphatic carbocycles. The monoisotopic (exact) mass is 537 g/mol. The summed E-state index contributed by atoms with van der Waals surface area (Å²) in [6.07, 6.45) is 3.20. The molecule has 1 amide bonds. The first-order chi connectivity index (χ1) is 16.9. The number of hydrogen-bond acceptors (Lipinski definition) is 10. The number of thiophene rings is 1. The highest BCUT2D eigenvalue weighted by atomic mass is 32.2. The van der Waals surface area contributed by atoms with Gasteiger partial charge in [0.25, 0.3) is 10.0 Å². The third-order valence-corrected chi connectivity index (χ3v) is 9.93. The molecule has 2 aromatic heterocycles. The van der Waals surface area contributed by atoms with Gasteiger partial charge in [0.2, 0.25) is 11.9 Å². The highest BCUT2D eigenvalue weighted by Crippen LogP contribution is 2.30. The molecule has 0 saturated carbocycles. The van der Waals surface area contributed by atoms with Crippen molar-refractivity contribution in [3.05, 3.63) is 30.1 Å². The van der Waals surface area contributed by atoms with Crippen LogP contribution in [0.2, 0.25) is 0 Å². The molecule has 1 unspecified atom stereocenters. The Labute approximate surface area is 216 Å². The van der Waals surface area contributed by atoms with Crippen LogP contribution in [0, 0.1) is 5.92 Å². The van der Waals surface area contributed by atoms with Crippen molar-refractivity contribution in [3.63, 3.8) is 0 Å². The standard InChI is InChI=1S/C23H35N7O4S2/c1-15(2)20-21(31)25-7-8-28(20)13-17-14-29(36(33,34)19-6-5-18(24)35-19)9-10-30(17)22-26-11-16(12-27-22)23(3,4)32/h5-6,11-12,15,17,20,32H,7-10,13-14,24H2,1-4H3,(H,25,31)/t17-,20?/m0/s1. The second-order valence-electron chi connectivity index (χ2n) is 10.2. The number of anilines is 2. The zero-order valence-electron chi connectivity index (χ0n) is 21.1. The molecule has 2 aromatic rings. The molecular formula is C23H35N7O4S2. The van der Waals surface area contributed by atoms with E-state index in [4.69, 9.17) is 5.73 Å². The predicted molar refractivity (Wildman–Crippen MR) is 139 cm³/mol. The number of nitrogens with zero attached hydrogens (tertiary/aromatic N) is 5. The first kappa shape index (κ1) is 26.7. The van der Waals surface area contributed by atoms with Gasteiger partial charge in [-0.15, -0.1) is 11.3 Å². The minimum absolute atomic E-state index is 0.0112. The van der Waals surface area contributed by atoms with Crippen LogP contribution in [-0.4, -0.2) is 90.0 Å². The van der Waals surface area contributed by atoms with Gasteiger partial charge in [0.1, 0.15) is 4.21 Å². The van der Waals surface area contributed by atoms with Crippen molar-refractivity contribution in [3.8, 4) is 0 Å². The molecule has 2 atom stereocenters. The topological polar surface area (TPSA) is 145 Å². The lowest BCUT2D eigenvalue weighted by atomic mass is 9.98. The van der Waals surface area contributed by atoms with Gasteiger partial charge in [-0.25, -0.2) is 18.4 Å². The number of aromatic nitrogens is 2. The fourth-order valence-corrected chi connectivity index (χ4v) is 7.50. The van der Waals surface area contributed by atoms with E-state index in [1.165, 1.54) is 4.31 Å². The summed E-state index contributed by atoms with van der Waals surface area (Å²) in [4.78, 5) is 25.8. The van der Waals surface area contributed by atoms with Crippen LogP contribution >= 0.6 is 11.3 Å². The van der Waals surface area contributed by atoms with Gasteiger partial charge in [0.15, 0.2) is 0 Å². The van der Waals surface area contributed by atoms with E-state index in [1.54, 1.807) is 38.4 Å². The normalized spacial score (nSPS) is 22.7. The summed E-state index contributed by atoms with van der Waals surface area (Å²) < 4.78 is 28.5. The zero-order valence-corrected chi connectivity index (χ0v) is 22.7. The number of amides is 1. The maximum absolute atomic E-state index is 13.4. The van der Waals surface area contributed by atoms with Crippen molar-refractivity contribution in [2.45, 2.75) is 49.6 Å². The fraction of sp³-hybridized carbons (Fsp3) is 0.609. The molecule has 2 fully saturated rings. The molecule has 2 aliphatic heterocycles. The van der Waals surface area contributed by atoms with Gasteiger partial charge < -0.3 is 21.1 Å². The number of hydrogen-bond donors (Lipinski definition) is 3. The Morgan fingerprint density at radius 2 is 1.92 bits per heavy atom. The van der Waals surface area contributed by atoms with Gasteiger partial charge in [-0.2, -0.15) is 4.31 Å². The Bertz CT molecular complexity index is 1180. The number of rotatable bonds is 7. The molecule has 4 rings (SSSR count). The first-order valence-corrected chi connectivity index (χ1v) is 14.3. The number of carbonyl (C=O) groups is 1. The van der Waals surface area contributed by atoms with Crippen LogP contribution < -0.4 is 16.0 Å². The largest absolute Gasteiger partial charge is 0.391 e. The SMILES string of the molecule is CC(C)C1C(=O)NCCN1C[C@H]1CN(S(=O)(=O)c2ccc(N)s2)CCN1c1ncc(C(C)(C)O)cn1. The number of carbonyl (C=O) groups excluding carboxylic acids is 1. The average molecular weight is 538 g/mol. The second-order valence-corrected chi connectivity index (χ2v) is 13.5. The number of nitrogens with one attached hydrogen (secondary N) is 1.